The molecular weight excluding hydrogens is 291 g/mol. The predicted molar refractivity (Wildman–Crippen MR) is 82.6 cm³/mol. The second-order valence-corrected chi connectivity index (χ2v) is 6.20. The largest absolute Gasteiger partial charge is 0.387 e. The van der Waals surface area contributed by atoms with Crippen LogP contribution in [0.2, 0.25) is 0 Å². The number of anilines is 2. The summed E-state index contributed by atoms with van der Waals surface area (Å²) in [5.74, 6) is -0.565. The van der Waals surface area contributed by atoms with Gasteiger partial charge in [-0.2, -0.15) is 0 Å². The van der Waals surface area contributed by atoms with Gasteiger partial charge < -0.3 is 5.32 Å². The maximum atomic E-state index is 13.9. The third-order valence-electron chi connectivity index (χ3n) is 3.13. The molecule has 0 aliphatic heterocycles. The molecule has 0 spiro atoms. The van der Waals surface area contributed by atoms with Gasteiger partial charge in [-0.1, -0.05) is 24.3 Å². The molecule has 0 atom stereocenters. The van der Waals surface area contributed by atoms with Crippen molar-refractivity contribution in [3.8, 4) is 0 Å². The molecule has 0 fully saturated rings. The summed E-state index contributed by atoms with van der Waals surface area (Å²) in [6.07, 6.45) is 0. The first-order chi connectivity index (χ1) is 10.0. The summed E-state index contributed by atoms with van der Waals surface area (Å²) in [4.78, 5) is 0.123. The summed E-state index contributed by atoms with van der Waals surface area (Å²) >= 11 is 0. The zero-order valence-corrected chi connectivity index (χ0v) is 12.7. The maximum Gasteiger partial charge on any atom is 0.266 e. The Morgan fingerprint density at radius 2 is 1.71 bits per heavy atom. The first kappa shape index (κ1) is 15.3. The molecule has 2 rings (SSSR count). The zero-order chi connectivity index (χ0) is 15.5. The molecule has 0 unspecified atom stereocenters. The quantitative estimate of drug-likeness (QED) is 0.923. The van der Waals surface area contributed by atoms with Crippen molar-refractivity contribution in [2.24, 2.45) is 0 Å². The molecule has 0 heterocycles. The number of hydrogen-bond donors (Lipinski definition) is 1. The smallest absolute Gasteiger partial charge is 0.266 e. The molecule has 0 radical (unpaired) electrons. The van der Waals surface area contributed by atoms with Crippen LogP contribution in [0, 0.1) is 5.82 Å². The fourth-order valence-electron chi connectivity index (χ4n) is 2.14. The molecular formula is C15H17FN2O2S. The molecule has 2 aromatic rings. The average molecular weight is 308 g/mol. The lowest BCUT2D eigenvalue weighted by Gasteiger charge is -2.24. The van der Waals surface area contributed by atoms with Crippen LogP contribution < -0.4 is 9.62 Å². The first-order valence-corrected chi connectivity index (χ1v) is 8.00. The van der Waals surface area contributed by atoms with Crippen LogP contribution in [0.15, 0.2) is 53.4 Å². The van der Waals surface area contributed by atoms with Crippen LogP contribution in [0.25, 0.3) is 0 Å². The minimum absolute atomic E-state index is 0.0471. The Balaban J connectivity index is 2.58. The Kier molecular flexibility index (Phi) is 4.47. The van der Waals surface area contributed by atoms with E-state index >= 15 is 0 Å². The normalized spacial score (nSPS) is 11.2. The van der Waals surface area contributed by atoms with Gasteiger partial charge in [0.05, 0.1) is 11.4 Å². The topological polar surface area (TPSA) is 49.4 Å². The fourth-order valence-corrected chi connectivity index (χ4v) is 3.82. The van der Waals surface area contributed by atoms with Gasteiger partial charge in [0.25, 0.3) is 10.0 Å². The summed E-state index contributed by atoms with van der Waals surface area (Å²) in [7, 11) is -2.19. The van der Waals surface area contributed by atoms with Gasteiger partial charge in [0, 0.05) is 13.6 Å². The van der Waals surface area contributed by atoms with Crippen LogP contribution in [0.5, 0.6) is 0 Å². The fraction of sp³-hybridized carbons (Fsp3) is 0.200. The van der Waals surface area contributed by atoms with E-state index in [-0.39, 0.29) is 17.1 Å². The number of nitrogens with one attached hydrogen (secondary N) is 1. The Bertz CT molecular complexity index is 732. The Morgan fingerprint density at radius 3 is 2.33 bits per heavy atom. The van der Waals surface area contributed by atoms with E-state index in [1.54, 1.807) is 38.2 Å². The number of sulfonamides is 1. The highest BCUT2D eigenvalue weighted by atomic mass is 32.2. The molecule has 6 heteroatoms. The molecule has 0 amide bonds. The first-order valence-electron chi connectivity index (χ1n) is 6.56. The third-order valence-corrected chi connectivity index (χ3v) is 5.08. The second kappa shape index (κ2) is 6.13. The van der Waals surface area contributed by atoms with E-state index in [9.17, 15) is 12.8 Å². The highest BCUT2D eigenvalue weighted by molar-refractivity contribution is 7.93. The van der Waals surface area contributed by atoms with Crippen LogP contribution in [-0.2, 0) is 10.0 Å². The predicted octanol–water partition coefficient (Wildman–Crippen LogP) is 3.08. The van der Waals surface area contributed by atoms with Crippen LogP contribution in [0.1, 0.15) is 6.92 Å². The van der Waals surface area contributed by atoms with Crippen molar-refractivity contribution in [3.63, 3.8) is 0 Å². The maximum absolute atomic E-state index is 13.9. The monoisotopic (exact) mass is 308 g/mol. The second-order valence-electron chi connectivity index (χ2n) is 4.37. The molecule has 0 aromatic heterocycles. The highest BCUT2D eigenvalue weighted by Gasteiger charge is 2.27. The van der Waals surface area contributed by atoms with Crippen molar-refractivity contribution in [1.82, 2.24) is 0 Å². The third kappa shape index (κ3) is 2.85. The van der Waals surface area contributed by atoms with Crippen molar-refractivity contribution in [2.45, 2.75) is 11.8 Å². The number of halogens is 1. The van der Waals surface area contributed by atoms with Crippen molar-refractivity contribution in [1.29, 1.82) is 0 Å². The Labute approximate surface area is 124 Å². The van der Waals surface area contributed by atoms with Gasteiger partial charge in [-0.3, -0.25) is 4.31 Å². The highest BCUT2D eigenvalue weighted by Crippen LogP contribution is 2.29. The molecule has 21 heavy (non-hydrogen) atoms. The van der Waals surface area contributed by atoms with E-state index in [0.29, 0.717) is 5.69 Å². The average Bonchev–Trinajstić information content (AvgIpc) is 2.49. The van der Waals surface area contributed by atoms with Gasteiger partial charge >= 0.3 is 0 Å². The van der Waals surface area contributed by atoms with Crippen molar-refractivity contribution in [2.75, 3.05) is 23.2 Å². The molecule has 0 bridgehead atoms. The number of benzene rings is 2. The Hall–Kier alpha value is -2.08. The molecule has 0 saturated carbocycles. The van der Waals surface area contributed by atoms with Crippen molar-refractivity contribution < 1.29 is 12.8 Å². The summed E-state index contributed by atoms with van der Waals surface area (Å²) in [5, 5.41) is 2.85. The van der Waals surface area contributed by atoms with E-state index in [1.807, 2.05) is 0 Å². The number of nitrogens with zero attached hydrogens (tertiary/aromatic N) is 1. The van der Waals surface area contributed by atoms with Gasteiger partial charge in [0.1, 0.15) is 10.7 Å². The summed E-state index contributed by atoms with van der Waals surface area (Å²) in [5.41, 5.74) is 0.526. The van der Waals surface area contributed by atoms with Gasteiger partial charge in [0.2, 0.25) is 0 Å². The van der Waals surface area contributed by atoms with Gasteiger partial charge in [-0.25, -0.2) is 12.8 Å². The molecule has 0 aliphatic rings. The number of hydrogen-bond acceptors (Lipinski definition) is 3. The molecule has 0 saturated heterocycles. The molecule has 2 aromatic carbocycles. The summed E-state index contributed by atoms with van der Waals surface area (Å²) < 4.78 is 40.6. The summed E-state index contributed by atoms with van der Waals surface area (Å²) in [6, 6.07) is 12.4. The van der Waals surface area contributed by atoms with Crippen molar-refractivity contribution >= 4 is 21.4 Å². The Morgan fingerprint density at radius 1 is 1.10 bits per heavy atom. The minimum Gasteiger partial charge on any atom is -0.387 e. The molecule has 0 aliphatic carbocycles. The lowest BCUT2D eigenvalue weighted by molar-refractivity contribution is 0.586. The SMILES string of the molecule is CCN(c1ccccc1F)S(=O)(=O)c1ccccc1NC. The molecule has 1 N–H and O–H groups in total. The lowest BCUT2D eigenvalue weighted by atomic mass is 10.3. The van der Waals surface area contributed by atoms with Crippen LogP contribution in [0.4, 0.5) is 15.8 Å². The van der Waals surface area contributed by atoms with Crippen molar-refractivity contribution in [3.05, 3.63) is 54.3 Å². The summed E-state index contributed by atoms with van der Waals surface area (Å²) in [6.45, 7) is 1.81. The van der Waals surface area contributed by atoms with E-state index in [2.05, 4.69) is 5.32 Å². The van der Waals surface area contributed by atoms with E-state index in [4.69, 9.17) is 0 Å². The van der Waals surface area contributed by atoms with Gasteiger partial charge in [-0.15, -0.1) is 0 Å². The van der Waals surface area contributed by atoms with Crippen LogP contribution in [-0.4, -0.2) is 22.0 Å². The van der Waals surface area contributed by atoms with E-state index in [1.165, 1.54) is 24.3 Å². The lowest BCUT2D eigenvalue weighted by Crippen LogP contribution is -2.32. The molecule has 112 valence electrons. The molecule has 4 nitrogen and oxygen atoms in total. The standard InChI is InChI=1S/C15H17FN2O2S/c1-3-18(14-10-6-4-8-12(14)16)21(19,20)15-11-7-5-9-13(15)17-2/h4-11,17H,3H2,1-2H3. The zero-order valence-electron chi connectivity index (χ0n) is 11.9. The van der Waals surface area contributed by atoms with Gasteiger partial charge in [-0.05, 0) is 31.2 Å². The van der Waals surface area contributed by atoms with Crippen LogP contribution in [0.3, 0.4) is 0 Å². The van der Waals surface area contributed by atoms with Gasteiger partial charge in [0.15, 0.2) is 0 Å². The minimum atomic E-state index is -3.84. The number of rotatable bonds is 5. The van der Waals surface area contributed by atoms with Crippen LogP contribution >= 0.6 is 0 Å². The van der Waals surface area contributed by atoms with E-state index < -0.39 is 15.8 Å². The number of para-hydroxylation sites is 2. The van der Waals surface area contributed by atoms with E-state index in [0.717, 1.165) is 4.31 Å².